The number of hydrogen-bond donors (Lipinski definition) is 1. The molecule has 3 aromatic rings. The Kier molecular flexibility index (Phi) is 8.40. The van der Waals surface area contributed by atoms with Crippen LogP contribution in [0.25, 0.3) is 10.7 Å². The first-order valence-corrected chi connectivity index (χ1v) is 9.61. The van der Waals surface area contributed by atoms with Gasteiger partial charge in [-0.25, -0.2) is 4.98 Å². The molecule has 1 N–H and O–H groups in total. The maximum atomic E-state index is 13.2. The third-order valence-electron chi connectivity index (χ3n) is 4.60. The first-order chi connectivity index (χ1) is 13.3. The first-order valence-electron chi connectivity index (χ1n) is 8.80. The Bertz CT molecular complexity index is 939. The summed E-state index contributed by atoms with van der Waals surface area (Å²) in [6, 6.07) is 13.5. The zero-order valence-electron chi connectivity index (χ0n) is 15.8. The van der Waals surface area contributed by atoms with Gasteiger partial charge in [0.1, 0.15) is 15.6 Å². The monoisotopic (exact) mass is 452 g/mol. The lowest BCUT2D eigenvalue weighted by atomic mass is 10.0. The van der Waals surface area contributed by atoms with E-state index in [4.69, 9.17) is 4.74 Å². The lowest BCUT2D eigenvalue weighted by molar-refractivity contribution is 0.0636. The molecule has 9 heteroatoms. The molecule has 3 heterocycles. The van der Waals surface area contributed by atoms with Gasteiger partial charge in [-0.1, -0.05) is 24.3 Å². The summed E-state index contributed by atoms with van der Waals surface area (Å²) in [5, 5.41) is 4.13. The first kappa shape index (κ1) is 23.1. The van der Waals surface area contributed by atoms with E-state index in [1.54, 1.807) is 19.5 Å². The molecule has 0 saturated carbocycles. The molecule has 1 aliphatic rings. The second-order valence-corrected chi connectivity index (χ2v) is 7.24. The lowest BCUT2D eigenvalue weighted by Crippen LogP contribution is -2.48. The van der Waals surface area contributed by atoms with Crippen LogP contribution < -0.4 is 10.1 Å². The summed E-state index contributed by atoms with van der Waals surface area (Å²) in [5.74, 6) is 0.787. The highest BCUT2D eigenvalue weighted by Crippen LogP contribution is 2.32. The molecule has 1 aliphatic heterocycles. The largest absolute Gasteiger partial charge is 0.496 e. The van der Waals surface area contributed by atoms with E-state index in [2.05, 4.69) is 15.3 Å². The Hall–Kier alpha value is -2.19. The summed E-state index contributed by atoms with van der Waals surface area (Å²) in [6.07, 6.45) is 3.38. The van der Waals surface area contributed by atoms with Crippen LogP contribution in [0.4, 0.5) is 0 Å². The van der Waals surface area contributed by atoms with Crippen LogP contribution in [0.1, 0.15) is 21.3 Å². The molecule has 1 aromatic carbocycles. The molecule has 4 rings (SSSR count). The number of benzene rings is 1. The highest BCUT2D eigenvalue weighted by atomic mass is 35.5. The van der Waals surface area contributed by atoms with Crippen LogP contribution in [0.5, 0.6) is 5.75 Å². The molecule has 29 heavy (non-hydrogen) atoms. The molecule has 154 valence electrons. The smallest absolute Gasteiger partial charge is 0.266 e. The van der Waals surface area contributed by atoms with E-state index in [9.17, 15) is 4.79 Å². The fourth-order valence-electron chi connectivity index (χ4n) is 3.29. The van der Waals surface area contributed by atoms with Gasteiger partial charge >= 0.3 is 0 Å². The van der Waals surface area contributed by atoms with Gasteiger partial charge in [-0.15, -0.1) is 36.2 Å². The number of nitrogens with zero attached hydrogens (tertiary/aromatic N) is 3. The zero-order chi connectivity index (χ0) is 18.6. The summed E-state index contributed by atoms with van der Waals surface area (Å²) >= 11 is 1.38. The highest BCUT2D eigenvalue weighted by Gasteiger charge is 2.31. The number of nitrogens with one attached hydrogen (secondary N) is 1. The van der Waals surface area contributed by atoms with Crippen molar-refractivity contribution in [3.63, 3.8) is 0 Å². The molecule has 1 unspecified atom stereocenters. The summed E-state index contributed by atoms with van der Waals surface area (Å²) in [6.45, 7) is 2.10. The van der Waals surface area contributed by atoms with Crippen LogP contribution in [0.15, 0.2) is 54.9 Å². The molecule has 2 aromatic heterocycles. The minimum Gasteiger partial charge on any atom is -0.496 e. The molecule has 1 atom stereocenters. The number of rotatable bonds is 4. The Labute approximate surface area is 186 Å². The average molecular weight is 453 g/mol. The zero-order valence-corrected chi connectivity index (χ0v) is 18.2. The number of halogens is 2. The SMILES string of the molecule is COc1ccccc1C1CNCCN1C(=O)c1cnc(-c2ccccn2)s1.Cl.Cl. The van der Waals surface area contributed by atoms with Gasteiger partial charge in [0.2, 0.25) is 0 Å². The normalized spacial score (nSPS) is 15.8. The highest BCUT2D eigenvalue weighted by molar-refractivity contribution is 7.16. The van der Waals surface area contributed by atoms with E-state index in [1.807, 2.05) is 47.4 Å². The van der Waals surface area contributed by atoms with Crippen LogP contribution >= 0.6 is 36.2 Å². The van der Waals surface area contributed by atoms with E-state index in [-0.39, 0.29) is 36.8 Å². The molecule has 1 amide bonds. The van der Waals surface area contributed by atoms with Crippen molar-refractivity contribution in [3.05, 3.63) is 65.3 Å². The molecule has 1 saturated heterocycles. The predicted octanol–water partition coefficient (Wildman–Crippen LogP) is 3.84. The van der Waals surface area contributed by atoms with Gasteiger partial charge in [-0.2, -0.15) is 0 Å². The van der Waals surface area contributed by atoms with Crippen molar-refractivity contribution in [2.45, 2.75) is 6.04 Å². The number of methoxy groups -OCH3 is 1. The second kappa shape index (κ2) is 10.5. The number of ether oxygens (including phenoxy) is 1. The molecular formula is C20H22Cl2N4O2S. The number of para-hydroxylation sites is 1. The van der Waals surface area contributed by atoms with Crippen LogP contribution in [0, 0.1) is 0 Å². The molecule has 1 fully saturated rings. The van der Waals surface area contributed by atoms with Crippen molar-refractivity contribution in [3.8, 4) is 16.5 Å². The maximum Gasteiger partial charge on any atom is 0.266 e. The lowest BCUT2D eigenvalue weighted by Gasteiger charge is -2.36. The van der Waals surface area contributed by atoms with Crippen molar-refractivity contribution in [2.24, 2.45) is 0 Å². The Morgan fingerprint density at radius 3 is 2.72 bits per heavy atom. The fourth-order valence-corrected chi connectivity index (χ4v) is 4.14. The number of aromatic nitrogens is 2. The van der Waals surface area contributed by atoms with Crippen molar-refractivity contribution >= 4 is 42.1 Å². The van der Waals surface area contributed by atoms with Gasteiger partial charge in [0.25, 0.3) is 5.91 Å². The number of thiazole rings is 1. The van der Waals surface area contributed by atoms with Crippen LogP contribution in [-0.4, -0.2) is 47.5 Å². The third-order valence-corrected chi connectivity index (χ3v) is 5.61. The Balaban J connectivity index is 0.00000150. The number of pyridine rings is 1. The molecule has 0 spiro atoms. The molecule has 0 aliphatic carbocycles. The minimum absolute atomic E-state index is 0. The molecule has 6 nitrogen and oxygen atoms in total. The van der Waals surface area contributed by atoms with E-state index >= 15 is 0 Å². The summed E-state index contributed by atoms with van der Waals surface area (Å²) in [7, 11) is 1.66. The van der Waals surface area contributed by atoms with Crippen molar-refractivity contribution in [1.29, 1.82) is 0 Å². The summed E-state index contributed by atoms with van der Waals surface area (Å²) in [5.41, 5.74) is 1.79. The van der Waals surface area contributed by atoms with Crippen LogP contribution in [-0.2, 0) is 0 Å². The predicted molar refractivity (Wildman–Crippen MR) is 119 cm³/mol. The Morgan fingerprint density at radius 2 is 1.97 bits per heavy atom. The fraction of sp³-hybridized carbons (Fsp3) is 0.250. The van der Waals surface area contributed by atoms with Gasteiger partial charge in [0, 0.05) is 31.4 Å². The maximum absolute atomic E-state index is 13.2. The van der Waals surface area contributed by atoms with Crippen LogP contribution in [0.2, 0.25) is 0 Å². The summed E-state index contributed by atoms with van der Waals surface area (Å²) in [4.78, 5) is 24.5. The van der Waals surface area contributed by atoms with Crippen LogP contribution in [0.3, 0.4) is 0 Å². The third kappa shape index (κ3) is 4.87. The van der Waals surface area contributed by atoms with E-state index < -0.39 is 0 Å². The quantitative estimate of drug-likeness (QED) is 0.650. The number of carbonyl (C=O) groups is 1. The van der Waals surface area contributed by atoms with Gasteiger partial charge in [-0.05, 0) is 18.2 Å². The Morgan fingerprint density at radius 1 is 1.17 bits per heavy atom. The molecule has 0 radical (unpaired) electrons. The second-order valence-electron chi connectivity index (χ2n) is 6.21. The van der Waals surface area contributed by atoms with Crippen molar-refractivity contribution in [2.75, 3.05) is 26.7 Å². The van der Waals surface area contributed by atoms with Gasteiger partial charge < -0.3 is 15.0 Å². The number of carbonyl (C=O) groups excluding carboxylic acids is 1. The number of hydrogen-bond acceptors (Lipinski definition) is 6. The van der Waals surface area contributed by atoms with E-state index in [1.165, 1.54) is 11.3 Å². The standard InChI is InChI=1S/C20H20N4O2S.2ClH/c1-26-17-8-3-2-6-14(17)16-12-21-10-11-24(16)20(25)18-13-23-19(27-18)15-7-4-5-9-22-15;;/h2-9,13,16,21H,10-12H2,1H3;2*1H. The van der Waals surface area contributed by atoms with Crippen molar-refractivity contribution < 1.29 is 9.53 Å². The average Bonchev–Trinajstić information content (AvgIpc) is 3.24. The number of piperazine rings is 1. The molecule has 0 bridgehead atoms. The van der Waals surface area contributed by atoms with Crippen molar-refractivity contribution in [1.82, 2.24) is 20.2 Å². The molecular weight excluding hydrogens is 431 g/mol. The number of amides is 1. The van der Waals surface area contributed by atoms with E-state index in [0.717, 1.165) is 28.6 Å². The van der Waals surface area contributed by atoms with Gasteiger partial charge in [0.05, 0.1) is 25.0 Å². The van der Waals surface area contributed by atoms with Gasteiger partial charge in [-0.3, -0.25) is 9.78 Å². The van der Waals surface area contributed by atoms with Gasteiger partial charge in [0.15, 0.2) is 0 Å². The topological polar surface area (TPSA) is 67.3 Å². The summed E-state index contributed by atoms with van der Waals surface area (Å²) < 4.78 is 5.51. The van der Waals surface area contributed by atoms with E-state index in [0.29, 0.717) is 18.0 Å². The minimum atomic E-state index is -0.0807.